The van der Waals surface area contributed by atoms with Gasteiger partial charge in [0, 0.05) is 18.5 Å². The van der Waals surface area contributed by atoms with E-state index >= 15 is 0 Å². The molecule has 1 aliphatic heterocycles. The van der Waals surface area contributed by atoms with Crippen LogP contribution >= 0.6 is 0 Å². The molecule has 1 saturated carbocycles. The van der Waals surface area contributed by atoms with Gasteiger partial charge in [-0.3, -0.25) is 4.79 Å². The van der Waals surface area contributed by atoms with E-state index in [9.17, 15) is 4.79 Å². The Morgan fingerprint density at radius 1 is 1.16 bits per heavy atom. The number of hydrogen-bond donors (Lipinski definition) is 2. The molecule has 0 spiro atoms. The average molecular weight is 266 g/mol. The van der Waals surface area contributed by atoms with Crippen LogP contribution in [0.15, 0.2) is 0 Å². The number of piperidine rings is 1. The van der Waals surface area contributed by atoms with Crippen molar-refractivity contribution in [1.29, 1.82) is 0 Å². The van der Waals surface area contributed by atoms with Crippen molar-refractivity contribution in [3.05, 3.63) is 0 Å². The molecule has 3 nitrogen and oxygen atoms in total. The van der Waals surface area contributed by atoms with E-state index in [0.717, 1.165) is 13.0 Å². The van der Waals surface area contributed by atoms with Gasteiger partial charge in [0.1, 0.15) is 0 Å². The third-order valence-corrected chi connectivity index (χ3v) is 4.88. The summed E-state index contributed by atoms with van der Waals surface area (Å²) < 4.78 is 0. The van der Waals surface area contributed by atoms with Crippen molar-refractivity contribution in [2.24, 2.45) is 5.92 Å². The monoisotopic (exact) mass is 266 g/mol. The van der Waals surface area contributed by atoms with E-state index in [1.54, 1.807) is 0 Å². The second kappa shape index (κ2) is 7.88. The number of amides is 1. The molecule has 0 radical (unpaired) electrons. The number of hydrogen-bond acceptors (Lipinski definition) is 2. The number of nitrogens with one attached hydrogen (secondary N) is 2. The Hall–Kier alpha value is -0.570. The van der Waals surface area contributed by atoms with Crippen molar-refractivity contribution < 1.29 is 4.79 Å². The summed E-state index contributed by atoms with van der Waals surface area (Å²) in [5.74, 6) is 0.968. The van der Waals surface area contributed by atoms with Crippen LogP contribution in [-0.4, -0.2) is 24.5 Å². The average Bonchev–Trinajstić information content (AvgIpc) is 2.47. The third kappa shape index (κ3) is 5.13. The Morgan fingerprint density at radius 3 is 2.58 bits per heavy atom. The summed E-state index contributed by atoms with van der Waals surface area (Å²) in [6.07, 6.45) is 12.2. The molecule has 0 aromatic rings. The van der Waals surface area contributed by atoms with Crippen LogP contribution in [0.3, 0.4) is 0 Å². The van der Waals surface area contributed by atoms with Crippen LogP contribution in [0.25, 0.3) is 0 Å². The van der Waals surface area contributed by atoms with Gasteiger partial charge in [-0.15, -0.1) is 0 Å². The van der Waals surface area contributed by atoms with Crippen LogP contribution in [0.5, 0.6) is 0 Å². The maximum atomic E-state index is 12.0. The normalized spacial score (nSPS) is 26.9. The zero-order valence-corrected chi connectivity index (χ0v) is 12.4. The number of carbonyl (C=O) groups is 1. The highest BCUT2D eigenvalue weighted by atomic mass is 16.1. The lowest BCUT2D eigenvalue weighted by Gasteiger charge is -2.28. The van der Waals surface area contributed by atoms with E-state index in [1.165, 1.54) is 51.4 Å². The van der Waals surface area contributed by atoms with E-state index in [2.05, 4.69) is 17.6 Å². The molecule has 2 unspecified atom stereocenters. The van der Waals surface area contributed by atoms with Gasteiger partial charge in [-0.05, 0) is 51.5 Å². The molecule has 0 bridgehead atoms. The van der Waals surface area contributed by atoms with E-state index < -0.39 is 0 Å². The minimum atomic E-state index is 0.255. The molecular formula is C16H30N2O. The highest BCUT2D eigenvalue weighted by Crippen LogP contribution is 2.26. The van der Waals surface area contributed by atoms with Crippen molar-refractivity contribution in [1.82, 2.24) is 10.6 Å². The molecule has 2 fully saturated rings. The highest BCUT2D eigenvalue weighted by molar-refractivity contribution is 5.76. The first-order valence-electron chi connectivity index (χ1n) is 8.28. The number of rotatable bonds is 5. The second-order valence-electron chi connectivity index (χ2n) is 6.44. The van der Waals surface area contributed by atoms with Crippen molar-refractivity contribution in [2.45, 2.75) is 83.2 Å². The largest absolute Gasteiger partial charge is 0.353 e. The fourth-order valence-electron chi connectivity index (χ4n) is 3.55. The van der Waals surface area contributed by atoms with Gasteiger partial charge in [0.15, 0.2) is 0 Å². The van der Waals surface area contributed by atoms with Gasteiger partial charge in [-0.25, -0.2) is 0 Å². The predicted octanol–water partition coefficient (Wildman–Crippen LogP) is 2.99. The summed E-state index contributed by atoms with van der Waals surface area (Å²) in [7, 11) is 0. The molecule has 2 N–H and O–H groups in total. The van der Waals surface area contributed by atoms with E-state index in [4.69, 9.17) is 0 Å². The Bertz CT molecular complexity index is 268. The maximum Gasteiger partial charge on any atom is 0.220 e. The molecule has 1 aliphatic carbocycles. The molecular weight excluding hydrogens is 236 g/mol. The topological polar surface area (TPSA) is 41.1 Å². The summed E-state index contributed by atoms with van der Waals surface area (Å²) in [4.78, 5) is 12.0. The summed E-state index contributed by atoms with van der Waals surface area (Å²) in [5.41, 5.74) is 0. The summed E-state index contributed by atoms with van der Waals surface area (Å²) in [6, 6.07) is 0.941. The van der Waals surface area contributed by atoms with Crippen molar-refractivity contribution >= 4 is 5.91 Å². The van der Waals surface area contributed by atoms with Crippen LogP contribution in [-0.2, 0) is 4.79 Å². The Balaban J connectivity index is 1.62. The molecule has 1 amide bonds. The minimum Gasteiger partial charge on any atom is -0.353 e. The van der Waals surface area contributed by atoms with Crippen LogP contribution in [0, 0.1) is 5.92 Å². The maximum absolute atomic E-state index is 12.0. The Kier molecular flexibility index (Phi) is 6.15. The Labute approximate surface area is 117 Å². The molecule has 2 atom stereocenters. The summed E-state index contributed by atoms with van der Waals surface area (Å²) >= 11 is 0. The van der Waals surface area contributed by atoms with Gasteiger partial charge in [-0.1, -0.05) is 25.7 Å². The molecule has 2 rings (SSSR count). The quantitative estimate of drug-likeness (QED) is 0.803. The second-order valence-corrected chi connectivity index (χ2v) is 6.44. The lowest BCUT2D eigenvalue weighted by Crippen LogP contribution is -2.40. The van der Waals surface area contributed by atoms with Gasteiger partial charge in [0.05, 0.1) is 0 Å². The van der Waals surface area contributed by atoms with Gasteiger partial charge in [0.2, 0.25) is 5.91 Å². The molecule has 19 heavy (non-hydrogen) atoms. The van der Waals surface area contributed by atoms with E-state index in [0.29, 0.717) is 24.4 Å². The minimum absolute atomic E-state index is 0.255. The van der Waals surface area contributed by atoms with Gasteiger partial charge < -0.3 is 10.6 Å². The van der Waals surface area contributed by atoms with E-state index in [-0.39, 0.29) is 5.91 Å². The first-order valence-corrected chi connectivity index (χ1v) is 8.28. The molecule has 1 saturated heterocycles. The highest BCUT2D eigenvalue weighted by Gasteiger charge is 2.21. The summed E-state index contributed by atoms with van der Waals surface area (Å²) in [6.45, 7) is 3.32. The lowest BCUT2D eigenvalue weighted by atomic mass is 9.84. The lowest BCUT2D eigenvalue weighted by molar-refractivity contribution is -0.122. The summed E-state index contributed by atoms with van der Waals surface area (Å²) in [5, 5.41) is 6.73. The standard InChI is InChI=1S/C16H30N2O/c1-13(14-7-3-2-4-8-14)18-16(19)11-10-15-9-5-6-12-17-15/h13-15,17H,2-12H2,1H3,(H,18,19). The molecule has 110 valence electrons. The molecule has 0 aromatic carbocycles. The third-order valence-electron chi connectivity index (χ3n) is 4.88. The van der Waals surface area contributed by atoms with Crippen molar-refractivity contribution in [3.8, 4) is 0 Å². The fourth-order valence-corrected chi connectivity index (χ4v) is 3.55. The van der Waals surface area contributed by atoms with Crippen molar-refractivity contribution in [3.63, 3.8) is 0 Å². The van der Waals surface area contributed by atoms with Gasteiger partial charge in [0.25, 0.3) is 0 Å². The first-order chi connectivity index (χ1) is 9.25. The first kappa shape index (κ1) is 14.8. The molecule has 1 heterocycles. The van der Waals surface area contributed by atoms with Gasteiger partial charge in [-0.2, -0.15) is 0 Å². The predicted molar refractivity (Wildman–Crippen MR) is 79.1 cm³/mol. The molecule has 0 aromatic heterocycles. The van der Waals surface area contributed by atoms with Crippen molar-refractivity contribution in [2.75, 3.05) is 6.54 Å². The van der Waals surface area contributed by atoms with Crippen LogP contribution < -0.4 is 10.6 Å². The SMILES string of the molecule is CC(NC(=O)CCC1CCCCN1)C1CCCCC1. The van der Waals surface area contributed by atoms with Crippen LogP contribution in [0.1, 0.15) is 71.1 Å². The molecule has 3 heteroatoms. The van der Waals surface area contributed by atoms with Crippen LogP contribution in [0.4, 0.5) is 0 Å². The van der Waals surface area contributed by atoms with Crippen LogP contribution in [0.2, 0.25) is 0 Å². The molecule has 2 aliphatic rings. The Morgan fingerprint density at radius 2 is 1.89 bits per heavy atom. The van der Waals surface area contributed by atoms with E-state index in [1.807, 2.05) is 0 Å². The number of carbonyl (C=O) groups excluding carboxylic acids is 1. The fraction of sp³-hybridized carbons (Fsp3) is 0.938. The zero-order valence-electron chi connectivity index (χ0n) is 12.4. The van der Waals surface area contributed by atoms with Gasteiger partial charge >= 0.3 is 0 Å². The zero-order chi connectivity index (χ0) is 13.5. The smallest absolute Gasteiger partial charge is 0.220 e.